The zero-order chi connectivity index (χ0) is 16.4. The first-order chi connectivity index (χ1) is 11.1. The molecular formula is C19H19FN2O. The molecule has 0 aliphatic carbocycles. The first-order valence-corrected chi connectivity index (χ1v) is 7.64. The maximum absolute atomic E-state index is 13.7. The van der Waals surface area contributed by atoms with Crippen LogP contribution in [0.3, 0.4) is 0 Å². The Hall–Kier alpha value is -2.62. The van der Waals surface area contributed by atoms with Crippen molar-refractivity contribution >= 4 is 0 Å². The summed E-state index contributed by atoms with van der Waals surface area (Å²) in [5.74, 6) is -0.0623. The van der Waals surface area contributed by atoms with Crippen molar-refractivity contribution < 1.29 is 9.13 Å². The molecule has 0 saturated heterocycles. The highest BCUT2D eigenvalue weighted by Gasteiger charge is 2.09. The Morgan fingerprint density at radius 3 is 2.48 bits per heavy atom. The van der Waals surface area contributed by atoms with E-state index in [4.69, 9.17) is 4.74 Å². The normalized spacial score (nSPS) is 10.8. The van der Waals surface area contributed by atoms with E-state index in [1.54, 1.807) is 12.1 Å². The van der Waals surface area contributed by atoms with Crippen molar-refractivity contribution in [2.24, 2.45) is 0 Å². The Labute approximate surface area is 135 Å². The van der Waals surface area contributed by atoms with Gasteiger partial charge >= 0.3 is 0 Å². The lowest BCUT2D eigenvalue weighted by Crippen LogP contribution is -1.99. The molecule has 3 nitrogen and oxygen atoms in total. The number of hydrogen-bond donors (Lipinski definition) is 0. The molecule has 0 fully saturated rings. The molecule has 118 valence electrons. The molecule has 0 N–H and O–H groups in total. The summed E-state index contributed by atoms with van der Waals surface area (Å²) in [6.07, 6.45) is 1.94. The van der Waals surface area contributed by atoms with E-state index in [0.29, 0.717) is 6.61 Å². The third-order valence-corrected chi connectivity index (χ3v) is 3.74. The summed E-state index contributed by atoms with van der Waals surface area (Å²) in [5.41, 5.74) is 5.02. The van der Waals surface area contributed by atoms with Gasteiger partial charge in [0.25, 0.3) is 0 Å². The van der Waals surface area contributed by atoms with Gasteiger partial charge in [0.15, 0.2) is 11.6 Å². The first-order valence-electron chi connectivity index (χ1n) is 7.64. The molecule has 23 heavy (non-hydrogen) atoms. The molecular weight excluding hydrogens is 291 g/mol. The van der Waals surface area contributed by atoms with E-state index >= 15 is 0 Å². The fraction of sp³-hybridized carbons (Fsp3) is 0.211. The molecule has 3 rings (SSSR count). The zero-order valence-electron chi connectivity index (χ0n) is 13.5. The van der Waals surface area contributed by atoms with E-state index < -0.39 is 0 Å². The second kappa shape index (κ2) is 6.24. The largest absolute Gasteiger partial charge is 0.491 e. The van der Waals surface area contributed by atoms with Crippen LogP contribution in [-0.4, -0.2) is 16.4 Å². The molecule has 4 heteroatoms. The number of rotatable bonds is 4. The SMILES string of the molecule is CCOc1cc(-c2ccc(C)c(-n3ccc(C)n3)c2)ccc1F. The number of ether oxygens (including phenoxy) is 1. The molecule has 0 radical (unpaired) electrons. The van der Waals surface area contributed by atoms with Crippen LogP contribution in [0, 0.1) is 19.7 Å². The van der Waals surface area contributed by atoms with Crippen molar-refractivity contribution in [2.75, 3.05) is 6.61 Å². The smallest absolute Gasteiger partial charge is 0.165 e. The van der Waals surface area contributed by atoms with Crippen LogP contribution in [0.1, 0.15) is 18.2 Å². The number of aryl methyl sites for hydroxylation is 2. The molecule has 0 saturated carbocycles. The Bertz CT molecular complexity index is 839. The van der Waals surface area contributed by atoms with Gasteiger partial charge in [0.05, 0.1) is 18.0 Å². The number of hydrogen-bond acceptors (Lipinski definition) is 2. The minimum Gasteiger partial charge on any atom is -0.491 e. The van der Waals surface area contributed by atoms with Gasteiger partial charge in [0.2, 0.25) is 0 Å². The molecule has 2 aromatic carbocycles. The molecule has 0 bridgehead atoms. The van der Waals surface area contributed by atoms with E-state index in [9.17, 15) is 4.39 Å². The second-order valence-electron chi connectivity index (χ2n) is 5.48. The second-order valence-corrected chi connectivity index (χ2v) is 5.48. The number of halogens is 1. The fourth-order valence-electron chi connectivity index (χ4n) is 2.53. The number of aromatic nitrogens is 2. The lowest BCUT2D eigenvalue weighted by Gasteiger charge is -2.11. The summed E-state index contributed by atoms with van der Waals surface area (Å²) in [7, 11) is 0. The molecule has 0 aliphatic heterocycles. The van der Waals surface area contributed by atoms with Crippen molar-refractivity contribution in [1.29, 1.82) is 0 Å². The van der Waals surface area contributed by atoms with Gasteiger partial charge in [0, 0.05) is 6.20 Å². The van der Waals surface area contributed by atoms with Gasteiger partial charge in [-0.25, -0.2) is 9.07 Å². The molecule has 0 aliphatic rings. The van der Waals surface area contributed by atoms with Gasteiger partial charge in [-0.05, 0) is 61.7 Å². The third kappa shape index (κ3) is 3.11. The maximum atomic E-state index is 13.7. The summed E-state index contributed by atoms with van der Waals surface area (Å²) in [6.45, 7) is 6.29. The molecule has 0 amide bonds. The van der Waals surface area contributed by atoms with Crippen molar-refractivity contribution in [3.05, 3.63) is 65.7 Å². The van der Waals surface area contributed by atoms with Crippen molar-refractivity contribution in [3.8, 4) is 22.6 Å². The van der Waals surface area contributed by atoms with Crippen LogP contribution in [0.2, 0.25) is 0 Å². The molecule has 0 spiro atoms. The summed E-state index contributed by atoms with van der Waals surface area (Å²) < 4.78 is 21.0. The minimum absolute atomic E-state index is 0.280. The third-order valence-electron chi connectivity index (χ3n) is 3.74. The fourth-order valence-corrected chi connectivity index (χ4v) is 2.53. The van der Waals surface area contributed by atoms with E-state index in [1.807, 2.05) is 49.8 Å². The van der Waals surface area contributed by atoms with E-state index in [0.717, 1.165) is 28.1 Å². The van der Waals surface area contributed by atoms with Crippen LogP contribution in [-0.2, 0) is 0 Å². The lowest BCUT2D eigenvalue weighted by molar-refractivity contribution is 0.322. The average Bonchev–Trinajstić information content (AvgIpc) is 2.96. The van der Waals surface area contributed by atoms with Gasteiger partial charge in [-0.3, -0.25) is 0 Å². The van der Waals surface area contributed by atoms with Crippen molar-refractivity contribution in [3.63, 3.8) is 0 Å². The molecule has 1 heterocycles. The molecule has 0 unspecified atom stereocenters. The van der Waals surface area contributed by atoms with Crippen LogP contribution in [0.15, 0.2) is 48.7 Å². The minimum atomic E-state index is -0.342. The summed E-state index contributed by atoms with van der Waals surface area (Å²) in [6, 6.07) is 13.0. The maximum Gasteiger partial charge on any atom is 0.165 e. The first kappa shape index (κ1) is 15.3. The summed E-state index contributed by atoms with van der Waals surface area (Å²) in [5, 5.41) is 4.47. The highest BCUT2D eigenvalue weighted by atomic mass is 19.1. The van der Waals surface area contributed by atoms with Crippen LogP contribution in [0.4, 0.5) is 4.39 Å². The summed E-state index contributed by atoms with van der Waals surface area (Å²) in [4.78, 5) is 0. The Kier molecular flexibility index (Phi) is 4.15. The van der Waals surface area contributed by atoms with Crippen LogP contribution in [0.5, 0.6) is 5.75 Å². The van der Waals surface area contributed by atoms with Crippen molar-refractivity contribution in [2.45, 2.75) is 20.8 Å². The highest BCUT2D eigenvalue weighted by molar-refractivity contribution is 5.68. The standard InChI is InChI=1S/C19H19FN2O/c1-4-23-19-12-16(7-8-17(19)20)15-6-5-13(2)18(11-15)22-10-9-14(3)21-22/h5-12H,4H2,1-3H3. The van der Waals surface area contributed by atoms with Gasteiger partial charge in [-0.1, -0.05) is 18.2 Å². The quantitative estimate of drug-likeness (QED) is 0.699. The highest BCUT2D eigenvalue weighted by Crippen LogP contribution is 2.29. The van der Waals surface area contributed by atoms with Crippen LogP contribution in [0.25, 0.3) is 16.8 Å². The monoisotopic (exact) mass is 310 g/mol. The van der Waals surface area contributed by atoms with Gasteiger partial charge in [0.1, 0.15) is 0 Å². The Morgan fingerprint density at radius 2 is 1.78 bits per heavy atom. The molecule has 3 aromatic rings. The Balaban J connectivity index is 2.06. The van der Waals surface area contributed by atoms with Crippen LogP contribution < -0.4 is 4.74 Å². The Morgan fingerprint density at radius 1 is 1.04 bits per heavy atom. The topological polar surface area (TPSA) is 27.1 Å². The predicted octanol–water partition coefficient (Wildman–Crippen LogP) is 4.69. The van der Waals surface area contributed by atoms with E-state index in [2.05, 4.69) is 11.2 Å². The zero-order valence-corrected chi connectivity index (χ0v) is 13.5. The molecule has 0 atom stereocenters. The van der Waals surface area contributed by atoms with Crippen molar-refractivity contribution in [1.82, 2.24) is 9.78 Å². The number of benzene rings is 2. The molecule has 1 aromatic heterocycles. The van der Waals surface area contributed by atoms with E-state index in [1.165, 1.54) is 6.07 Å². The van der Waals surface area contributed by atoms with Crippen LogP contribution >= 0.6 is 0 Å². The lowest BCUT2D eigenvalue weighted by atomic mass is 10.0. The van der Waals surface area contributed by atoms with E-state index in [-0.39, 0.29) is 11.6 Å². The van der Waals surface area contributed by atoms with Gasteiger partial charge in [-0.15, -0.1) is 0 Å². The van der Waals surface area contributed by atoms with Gasteiger partial charge in [-0.2, -0.15) is 5.10 Å². The number of nitrogens with zero attached hydrogens (tertiary/aromatic N) is 2. The van der Waals surface area contributed by atoms with Gasteiger partial charge < -0.3 is 4.74 Å². The average molecular weight is 310 g/mol. The predicted molar refractivity (Wildman–Crippen MR) is 89.6 cm³/mol. The summed E-state index contributed by atoms with van der Waals surface area (Å²) >= 11 is 0.